The standard InChI is InChI=1S/C65H112O6/c1-4-7-10-13-16-19-22-25-28-29-30-31-32-33-34-35-38-40-43-46-49-52-55-58-64(67)70-61-62(71-65(68)59-56-53-50-47-44-41-37-27-24-21-18-15-12-9-6-3)60-69-63(66)57-54-51-48-45-42-39-36-26-23-20-17-14-11-8-5-2/h9,12,17-18,20-21,26-27,29-30,36-37,44,47,62H,4-8,10-11,13-16,19,22-25,28,31-35,38-43,45-46,48-61H2,1-3H3/b12-9-,20-17-,21-18-,30-29-,36-26-,37-27-,47-44-. The van der Waals surface area contributed by atoms with Crippen LogP contribution in [0.5, 0.6) is 0 Å². The number of carbonyl (C=O) groups excluding carboxylic acids is 3. The van der Waals surface area contributed by atoms with Crippen molar-refractivity contribution in [2.75, 3.05) is 13.2 Å². The lowest BCUT2D eigenvalue weighted by Gasteiger charge is -2.18. The summed E-state index contributed by atoms with van der Waals surface area (Å²) in [6.45, 7) is 6.47. The van der Waals surface area contributed by atoms with Crippen LogP contribution in [0.25, 0.3) is 0 Å². The molecule has 0 bridgehead atoms. The molecule has 0 radical (unpaired) electrons. The van der Waals surface area contributed by atoms with Crippen LogP contribution in [0.4, 0.5) is 0 Å². The van der Waals surface area contributed by atoms with Crippen LogP contribution in [0.1, 0.15) is 290 Å². The van der Waals surface area contributed by atoms with Gasteiger partial charge >= 0.3 is 17.9 Å². The van der Waals surface area contributed by atoms with Gasteiger partial charge in [0, 0.05) is 19.3 Å². The molecule has 0 fully saturated rings. The smallest absolute Gasteiger partial charge is 0.306 e. The molecule has 408 valence electrons. The maximum absolute atomic E-state index is 12.8. The fourth-order valence-corrected chi connectivity index (χ4v) is 8.34. The van der Waals surface area contributed by atoms with Gasteiger partial charge in [0.1, 0.15) is 13.2 Å². The van der Waals surface area contributed by atoms with Crippen LogP contribution in [0.2, 0.25) is 0 Å². The summed E-state index contributed by atoms with van der Waals surface area (Å²) in [6.07, 6.45) is 77.3. The van der Waals surface area contributed by atoms with Gasteiger partial charge in [-0.2, -0.15) is 0 Å². The maximum atomic E-state index is 12.8. The maximum Gasteiger partial charge on any atom is 0.306 e. The number of ether oxygens (including phenoxy) is 3. The van der Waals surface area contributed by atoms with Crippen molar-refractivity contribution in [3.63, 3.8) is 0 Å². The number of hydrogen-bond donors (Lipinski definition) is 0. The van der Waals surface area contributed by atoms with Gasteiger partial charge in [-0.25, -0.2) is 0 Å². The van der Waals surface area contributed by atoms with Crippen molar-refractivity contribution in [2.24, 2.45) is 0 Å². The summed E-state index contributed by atoms with van der Waals surface area (Å²) < 4.78 is 16.8. The van der Waals surface area contributed by atoms with Crippen molar-refractivity contribution in [3.8, 4) is 0 Å². The summed E-state index contributed by atoms with van der Waals surface area (Å²) in [5.74, 6) is -0.948. The Hall–Kier alpha value is -3.41. The SMILES string of the molecule is CC/C=C\C/C=C\C/C=C\C/C=C\CCCCC(=O)OC(COC(=O)CCCCCCC/C=C\C/C=C\CCCCC)COC(=O)CCCCCCCCCCCCC/C=C\CCCCCCCCCC. The molecule has 6 heteroatoms. The normalized spacial score (nSPS) is 12.7. The fraction of sp³-hybridized carbons (Fsp3) is 0.738. The van der Waals surface area contributed by atoms with Crippen LogP contribution < -0.4 is 0 Å². The quantitative estimate of drug-likeness (QED) is 0.0261. The third-order valence-corrected chi connectivity index (χ3v) is 12.9. The Kier molecular flexibility index (Phi) is 56.3. The summed E-state index contributed by atoms with van der Waals surface area (Å²) in [6, 6.07) is 0. The fourth-order valence-electron chi connectivity index (χ4n) is 8.34. The van der Waals surface area contributed by atoms with Crippen molar-refractivity contribution in [2.45, 2.75) is 297 Å². The predicted molar refractivity (Wildman–Crippen MR) is 307 cm³/mol. The molecule has 0 heterocycles. The highest BCUT2D eigenvalue weighted by Gasteiger charge is 2.19. The number of rotatable bonds is 54. The molecule has 1 unspecified atom stereocenters. The van der Waals surface area contributed by atoms with E-state index in [2.05, 4.69) is 106 Å². The van der Waals surface area contributed by atoms with E-state index in [4.69, 9.17) is 14.2 Å². The minimum absolute atomic E-state index is 0.0977. The summed E-state index contributed by atoms with van der Waals surface area (Å²) in [7, 11) is 0. The number of allylic oxidation sites excluding steroid dienone is 14. The molecule has 0 saturated carbocycles. The third-order valence-electron chi connectivity index (χ3n) is 12.9. The molecule has 0 N–H and O–H groups in total. The van der Waals surface area contributed by atoms with E-state index < -0.39 is 6.10 Å². The summed E-state index contributed by atoms with van der Waals surface area (Å²) in [4.78, 5) is 38.2. The second-order valence-corrected chi connectivity index (χ2v) is 19.9. The first-order valence-corrected chi connectivity index (χ1v) is 30.1. The molecule has 0 spiro atoms. The van der Waals surface area contributed by atoms with Gasteiger partial charge in [0.15, 0.2) is 6.10 Å². The number of hydrogen-bond acceptors (Lipinski definition) is 6. The average Bonchev–Trinajstić information content (AvgIpc) is 3.37. The van der Waals surface area contributed by atoms with Gasteiger partial charge in [-0.05, 0) is 116 Å². The highest BCUT2D eigenvalue weighted by atomic mass is 16.6. The van der Waals surface area contributed by atoms with E-state index in [0.717, 1.165) is 103 Å². The molecule has 0 amide bonds. The Morgan fingerprint density at radius 1 is 0.296 bits per heavy atom. The molecular formula is C65H112O6. The lowest BCUT2D eigenvalue weighted by molar-refractivity contribution is -0.167. The first-order chi connectivity index (χ1) is 35.0. The Morgan fingerprint density at radius 3 is 0.930 bits per heavy atom. The third kappa shape index (κ3) is 57.4. The molecule has 0 aromatic rings. The molecule has 1 atom stereocenters. The van der Waals surface area contributed by atoms with Crippen LogP contribution >= 0.6 is 0 Å². The Balaban J connectivity index is 4.37. The van der Waals surface area contributed by atoms with E-state index in [1.54, 1.807) is 0 Å². The van der Waals surface area contributed by atoms with E-state index in [-0.39, 0.29) is 37.5 Å². The highest BCUT2D eigenvalue weighted by molar-refractivity contribution is 5.71. The topological polar surface area (TPSA) is 78.9 Å². The summed E-state index contributed by atoms with van der Waals surface area (Å²) in [5, 5.41) is 0. The first kappa shape index (κ1) is 67.6. The zero-order valence-corrected chi connectivity index (χ0v) is 46.7. The number of carbonyl (C=O) groups is 3. The van der Waals surface area contributed by atoms with Gasteiger partial charge < -0.3 is 14.2 Å². The molecule has 0 aromatic heterocycles. The van der Waals surface area contributed by atoms with Crippen molar-refractivity contribution in [1.82, 2.24) is 0 Å². The minimum Gasteiger partial charge on any atom is -0.462 e. The van der Waals surface area contributed by atoms with E-state index in [9.17, 15) is 14.4 Å². The van der Waals surface area contributed by atoms with E-state index >= 15 is 0 Å². The second-order valence-electron chi connectivity index (χ2n) is 19.9. The Labute approximate surface area is 439 Å². The number of esters is 3. The first-order valence-electron chi connectivity index (χ1n) is 30.1. The zero-order chi connectivity index (χ0) is 51.4. The van der Waals surface area contributed by atoms with Crippen LogP contribution in [0, 0.1) is 0 Å². The number of unbranched alkanes of at least 4 members (excludes halogenated alkanes) is 29. The monoisotopic (exact) mass is 989 g/mol. The molecule has 0 aliphatic heterocycles. The molecule has 0 rings (SSSR count). The van der Waals surface area contributed by atoms with Crippen LogP contribution in [0.3, 0.4) is 0 Å². The van der Waals surface area contributed by atoms with Gasteiger partial charge in [-0.3, -0.25) is 14.4 Å². The second kappa shape index (κ2) is 59.2. The van der Waals surface area contributed by atoms with Gasteiger partial charge in [0.05, 0.1) is 0 Å². The summed E-state index contributed by atoms with van der Waals surface area (Å²) >= 11 is 0. The van der Waals surface area contributed by atoms with Crippen molar-refractivity contribution in [1.29, 1.82) is 0 Å². The molecule has 6 nitrogen and oxygen atoms in total. The van der Waals surface area contributed by atoms with E-state index in [1.807, 2.05) is 0 Å². The van der Waals surface area contributed by atoms with Crippen LogP contribution in [-0.2, 0) is 28.6 Å². The minimum atomic E-state index is -0.805. The molecule has 0 aromatic carbocycles. The molecular weight excluding hydrogens is 877 g/mol. The molecule has 71 heavy (non-hydrogen) atoms. The van der Waals surface area contributed by atoms with Crippen molar-refractivity contribution < 1.29 is 28.6 Å². The molecule has 0 aliphatic carbocycles. The van der Waals surface area contributed by atoms with Crippen LogP contribution in [0.15, 0.2) is 85.1 Å². The molecule has 0 aliphatic rings. The average molecular weight is 990 g/mol. The van der Waals surface area contributed by atoms with E-state index in [1.165, 1.54) is 141 Å². The lowest BCUT2D eigenvalue weighted by Crippen LogP contribution is -2.30. The van der Waals surface area contributed by atoms with E-state index in [0.29, 0.717) is 19.3 Å². The largest absolute Gasteiger partial charge is 0.462 e. The summed E-state index contributed by atoms with van der Waals surface area (Å²) in [5.41, 5.74) is 0. The van der Waals surface area contributed by atoms with Crippen LogP contribution in [-0.4, -0.2) is 37.2 Å². The Morgan fingerprint density at radius 2 is 0.549 bits per heavy atom. The molecule has 0 saturated heterocycles. The van der Waals surface area contributed by atoms with Gasteiger partial charge in [0.25, 0.3) is 0 Å². The predicted octanol–water partition coefficient (Wildman–Crippen LogP) is 20.3. The lowest BCUT2D eigenvalue weighted by atomic mass is 10.0. The zero-order valence-electron chi connectivity index (χ0n) is 46.7. The van der Waals surface area contributed by atoms with Gasteiger partial charge in [0.2, 0.25) is 0 Å². The van der Waals surface area contributed by atoms with Crippen molar-refractivity contribution in [3.05, 3.63) is 85.1 Å². The van der Waals surface area contributed by atoms with Gasteiger partial charge in [-0.15, -0.1) is 0 Å². The highest BCUT2D eigenvalue weighted by Crippen LogP contribution is 2.15. The Bertz CT molecular complexity index is 1370. The van der Waals surface area contributed by atoms with Crippen molar-refractivity contribution >= 4 is 17.9 Å². The van der Waals surface area contributed by atoms with Gasteiger partial charge in [-0.1, -0.05) is 241 Å².